The third-order valence-electron chi connectivity index (χ3n) is 21.2. The van der Waals surface area contributed by atoms with E-state index in [9.17, 15) is 0 Å². The summed E-state index contributed by atoms with van der Waals surface area (Å²) >= 11 is 24.4. The monoisotopic (exact) mass is 1050 g/mol. The molecule has 8 saturated carbocycles. The molecule has 0 bridgehead atoms. The Bertz CT molecular complexity index is 2570. The lowest BCUT2D eigenvalue weighted by Gasteiger charge is -2.47. The van der Waals surface area contributed by atoms with Gasteiger partial charge in [0.1, 0.15) is 0 Å². The highest BCUT2D eigenvalue weighted by Gasteiger charge is 2.49. The fraction of sp³-hybridized carbons (Fsp3) is 0.536. The molecule has 14 rings (SSSR count). The van der Waals surface area contributed by atoms with E-state index in [2.05, 4.69) is 109 Å². The first-order valence-corrected chi connectivity index (χ1v) is 30.6. The molecule has 0 nitrogen and oxygen atoms in total. The molecule has 0 radical (unpaired) electrons. The zero-order chi connectivity index (χ0) is 49.2. The van der Waals surface area contributed by atoms with Crippen LogP contribution in [0.4, 0.5) is 0 Å². The van der Waals surface area contributed by atoms with Crippen molar-refractivity contribution in [1.29, 1.82) is 0 Å². The molecule has 6 aromatic carbocycles. The van der Waals surface area contributed by atoms with E-state index >= 15 is 0 Å². The highest BCUT2D eigenvalue weighted by Crippen LogP contribution is 2.58. The van der Waals surface area contributed by atoms with Crippen LogP contribution in [0.5, 0.6) is 0 Å². The van der Waals surface area contributed by atoms with Gasteiger partial charge in [0.15, 0.2) is 0 Å². The fourth-order valence-corrected chi connectivity index (χ4v) is 17.1. The average Bonchev–Trinajstić information content (AvgIpc) is 4.22. The van der Waals surface area contributed by atoms with Crippen molar-refractivity contribution in [3.8, 4) is 0 Å². The third kappa shape index (κ3) is 10.6. The molecule has 0 aliphatic heterocycles. The molecule has 0 unspecified atom stereocenters. The van der Waals surface area contributed by atoms with E-state index in [-0.39, 0.29) is 7.43 Å². The molecule has 73 heavy (non-hydrogen) atoms. The van der Waals surface area contributed by atoms with E-state index in [1.165, 1.54) is 212 Å². The molecule has 8 aliphatic rings. The second-order valence-electron chi connectivity index (χ2n) is 24.3. The van der Waals surface area contributed by atoms with Gasteiger partial charge in [-0.1, -0.05) is 228 Å². The summed E-state index contributed by atoms with van der Waals surface area (Å²) in [5.74, 6) is 3.69. The smallest absolute Gasteiger partial charge is 0.0595 e. The molecule has 6 aromatic rings. The maximum absolute atomic E-state index is 6.18. The average molecular weight is 1060 g/mol. The summed E-state index contributed by atoms with van der Waals surface area (Å²) in [7, 11) is 0. The van der Waals surface area contributed by atoms with Crippen LogP contribution < -0.4 is 0 Å². The summed E-state index contributed by atoms with van der Waals surface area (Å²) < 4.78 is 0. The van der Waals surface area contributed by atoms with Gasteiger partial charge in [-0.2, -0.15) is 0 Å². The Hall–Kier alpha value is -3.00. The van der Waals surface area contributed by atoms with Crippen molar-refractivity contribution in [2.75, 3.05) is 0 Å². The first-order chi connectivity index (χ1) is 35.2. The molecule has 0 N–H and O–H groups in total. The van der Waals surface area contributed by atoms with Gasteiger partial charge in [0, 0.05) is 0 Å². The van der Waals surface area contributed by atoms with E-state index in [1.54, 1.807) is 11.1 Å². The molecule has 0 saturated heterocycles. The number of benzene rings is 6. The zero-order valence-electron chi connectivity index (χ0n) is 43.2. The number of hydrogen-bond acceptors (Lipinski definition) is 0. The van der Waals surface area contributed by atoms with Crippen molar-refractivity contribution < 1.29 is 0 Å². The Kier molecular flexibility index (Phi) is 17.0. The summed E-state index contributed by atoms with van der Waals surface area (Å²) in [6, 6.07) is 44.6. The highest BCUT2D eigenvalue weighted by atomic mass is 35.5. The predicted octanol–water partition coefficient (Wildman–Crippen LogP) is 22.8. The van der Waals surface area contributed by atoms with E-state index in [0.717, 1.165) is 23.7 Å². The Morgan fingerprint density at radius 2 is 0.507 bits per heavy atom. The van der Waals surface area contributed by atoms with Crippen LogP contribution in [0.15, 0.2) is 121 Å². The lowest BCUT2D eigenvalue weighted by Crippen LogP contribution is -2.40. The highest BCUT2D eigenvalue weighted by molar-refractivity contribution is 6.42. The molecule has 388 valence electrons. The molecule has 8 aliphatic carbocycles. The summed E-state index contributed by atoms with van der Waals surface area (Å²) in [5.41, 5.74) is 8.08. The summed E-state index contributed by atoms with van der Waals surface area (Å²) in [6.45, 7) is 0. The Balaban J connectivity index is 0.000000111. The van der Waals surface area contributed by atoms with Crippen molar-refractivity contribution in [2.45, 2.75) is 209 Å². The van der Waals surface area contributed by atoms with Gasteiger partial charge in [-0.15, -0.1) is 0 Å². The van der Waals surface area contributed by atoms with Crippen molar-refractivity contribution in [3.63, 3.8) is 0 Å². The predicted molar refractivity (Wildman–Crippen MR) is 317 cm³/mol. The van der Waals surface area contributed by atoms with Crippen molar-refractivity contribution in [2.24, 2.45) is 23.7 Å². The molecule has 8 fully saturated rings. The number of fused-ring (bicyclic) bond motifs is 2. The zero-order valence-corrected chi connectivity index (χ0v) is 46.2. The van der Waals surface area contributed by atoms with Gasteiger partial charge in [0.2, 0.25) is 0 Å². The lowest BCUT2D eigenvalue weighted by molar-refractivity contribution is 0.148. The number of rotatable bonds is 8. The second kappa shape index (κ2) is 23.3. The van der Waals surface area contributed by atoms with Gasteiger partial charge >= 0.3 is 0 Å². The van der Waals surface area contributed by atoms with Gasteiger partial charge < -0.3 is 0 Å². The van der Waals surface area contributed by atoms with Gasteiger partial charge in [-0.3, -0.25) is 0 Å². The molecular formula is C69H84Cl4. The quantitative estimate of drug-likeness (QED) is 0.143. The van der Waals surface area contributed by atoms with Crippen LogP contribution in [-0.2, 0) is 21.7 Å². The Morgan fingerprint density at radius 1 is 0.260 bits per heavy atom. The minimum atomic E-state index is 0. The largest absolute Gasteiger partial charge is 0.0827 e. The van der Waals surface area contributed by atoms with Crippen LogP contribution >= 0.6 is 46.4 Å². The minimum absolute atomic E-state index is 0. The van der Waals surface area contributed by atoms with E-state index < -0.39 is 0 Å². The topological polar surface area (TPSA) is 0 Å². The van der Waals surface area contributed by atoms with Crippen molar-refractivity contribution in [3.05, 3.63) is 164 Å². The molecule has 0 heterocycles. The second-order valence-corrected chi connectivity index (χ2v) is 26.0. The van der Waals surface area contributed by atoms with Crippen LogP contribution in [0, 0.1) is 23.7 Å². The van der Waals surface area contributed by atoms with Crippen LogP contribution in [-0.4, -0.2) is 0 Å². The molecule has 4 heteroatoms. The van der Waals surface area contributed by atoms with Crippen LogP contribution in [0.25, 0.3) is 21.5 Å². The lowest BCUT2D eigenvalue weighted by atomic mass is 9.57. The standard InChI is InChI=1S/2C19H22.2C15H18Cl2.CH4/c2*1-2-7-16-14-18(11-10-15(16)6-1)19(12-5-13-19)17-8-3-4-9-17;2*16-13-7-6-12(10-14(13)17)15(8-3-9-15)11-4-1-2-5-11;/h2*1-2,6-7,10-11,14,17H,3-5,8-9,12-13H2;2*6-7,10-11H,1-5,8-9H2;1H4. The SMILES string of the molecule is C.Clc1ccc(C2(C3CCCC3)CCC2)cc1Cl.Clc1ccc(C2(C3CCCC3)CCC2)cc1Cl.c1ccc2cc(C3(C4CCCC4)CCC3)ccc2c1.c1ccc2cc(C3(C4CCCC4)CCC3)ccc2c1. The van der Waals surface area contributed by atoms with Gasteiger partial charge in [0.25, 0.3) is 0 Å². The van der Waals surface area contributed by atoms with Gasteiger partial charge in [0.05, 0.1) is 20.1 Å². The van der Waals surface area contributed by atoms with Gasteiger partial charge in [-0.25, -0.2) is 0 Å². The van der Waals surface area contributed by atoms with E-state index in [1.807, 2.05) is 12.1 Å². The number of hydrogen-bond donors (Lipinski definition) is 0. The van der Waals surface area contributed by atoms with Crippen LogP contribution in [0.1, 0.15) is 209 Å². The maximum atomic E-state index is 6.18. The van der Waals surface area contributed by atoms with Gasteiger partial charge in [-0.05, 0) is 216 Å². The molecule has 0 amide bonds. The minimum Gasteiger partial charge on any atom is -0.0827 e. The number of halogens is 4. The Morgan fingerprint density at radius 3 is 0.753 bits per heavy atom. The maximum Gasteiger partial charge on any atom is 0.0595 e. The first-order valence-electron chi connectivity index (χ1n) is 29.1. The Labute approximate surface area is 461 Å². The molecule has 0 aromatic heterocycles. The van der Waals surface area contributed by atoms with Crippen LogP contribution in [0.3, 0.4) is 0 Å². The van der Waals surface area contributed by atoms with E-state index in [4.69, 9.17) is 46.4 Å². The van der Waals surface area contributed by atoms with Crippen LogP contribution in [0.2, 0.25) is 20.1 Å². The summed E-state index contributed by atoms with van der Waals surface area (Å²) in [6.07, 6.45) is 39.6. The van der Waals surface area contributed by atoms with Crippen molar-refractivity contribution in [1.82, 2.24) is 0 Å². The third-order valence-corrected chi connectivity index (χ3v) is 22.6. The fourth-order valence-electron chi connectivity index (χ4n) is 16.5. The molecule has 0 atom stereocenters. The molecular weight excluding hydrogens is 971 g/mol. The van der Waals surface area contributed by atoms with E-state index in [0.29, 0.717) is 41.8 Å². The van der Waals surface area contributed by atoms with Crippen molar-refractivity contribution >= 4 is 67.9 Å². The molecule has 0 spiro atoms. The first kappa shape index (κ1) is 53.4. The summed E-state index contributed by atoms with van der Waals surface area (Å²) in [5, 5.41) is 8.39. The normalized spacial score (nSPS) is 22.7. The summed E-state index contributed by atoms with van der Waals surface area (Å²) in [4.78, 5) is 0.